The number of aromatic nitrogens is 2. The SMILES string of the molecule is C=C/C(=C\CC=NC)c1n[nH]c2ccc(C(=O)NC3CCCN(Cc4ccccc4F)C3)cc12. The Bertz CT molecular complexity index is 1230. The van der Waals surface area contributed by atoms with Crippen molar-refractivity contribution in [1.82, 2.24) is 20.4 Å². The average molecular weight is 460 g/mol. The Hall–Kier alpha value is -3.58. The fourth-order valence-electron chi connectivity index (χ4n) is 4.39. The molecule has 0 aliphatic carbocycles. The number of aliphatic imine (C=N–C) groups is 1. The lowest BCUT2D eigenvalue weighted by Gasteiger charge is -2.33. The Morgan fingerprint density at radius 2 is 2.21 bits per heavy atom. The Balaban J connectivity index is 1.46. The first-order chi connectivity index (χ1) is 16.6. The van der Waals surface area contributed by atoms with E-state index in [0.29, 0.717) is 30.6 Å². The largest absolute Gasteiger partial charge is 0.348 e. The molecule has 34 heavy (non-hydrogen) atoms. The summed E-state index contributed by atoms with van der Waals surface area (Å²) in [6.45, 7) is 6.04. The lowest BCUT2D eigenvalue weighted by molar-refractivity contribution is 0.0900. The molecule has 1 unspecified atom stereocenters. The summed E-state index contributed by atoms with van der Waals surface area (Å²) >= 11 is 0. The maximum Gasteiger partial charge on any atom is 0.251 e. The van der Waals surface area contributed by atoms with Crippen molar-refractivity contribution >= 4 is 28.6 Å². The maximum atomic E-state index is 14.1. The molecule has 0 spiro atoms. The van der Waals surface area contributed by atoms with E-state index in [1.807, 2.05) is 36.6 Å². The molecule has 1 amide bonds. The van der Waals surface area contributed by atoms with Gasteiger partial charge in [-0.25, -0.2) is 4.39 Å². The fourth-order valence-corrected chi connectivity index (χ4v) is 4.39. The number of nitrogens with one attached hydrogen (secondary N) is 2. The van der Waals surface area contributed by atoms with Gasteiger partial charge in [0.1, 0.15) is 5.82 Å². The number of allylic oxidation sites excluding steroid dienone is 3. The van der Waals surface area contributed by atoms with Gasteiger partial charge >= 0.3 is 0 Å². The van der Waals surface area contributed by atoms with Crippen LogP contribution in [0.2, 0.25) is 0 Å². The molecule has 1 saturated heterocycles. The fraction of sp³-hybridized carbons (Fsp3) is 0.296. The number of likely N-dealkylation sites (tertiary alicyclic amines) is 1. The van der Waals surface area contributed by atoms with Crippen LogP contribution in [0.3, 0.4) is 0 Å². The van der Waals surface area contributed by atoms with Crippen LogP contribution >= 0.6 is 0 Å². The number of rotatable bonds is 8. The van der Waals surface area contributed by atoms with E-state index in [4.69, 9.17) is 0 Å². The zero-order valence-electron chi connectivity index (χ0n) is 19.4. The molecule has 0 radical (unpaired) electrons. The number of aromatic amines is 1. The normalized spacial score (nSPS) is 17.4. The van der Waals surface area contributed by atoms with Crippen LogP contribution in [0.4, 0.5) is 4.39 Å². The first kappa shape index (κ1) is 23.6. The second kappa shape index (κ2) is 11.0. The summed E-state index contributed by atoms with van der Waals surface area (Å²) in [5.41, 5.74) is 3.78. The van der Waals surface area contributed by atoms with Crippen molar-refractivity contribution in [1.29, 1.82) is 0 Å². The van der Waals surface area contributed by atoms with Gasteiger partial charge in [-0.05, 0) is 49.2 Å². The minimum Gasteiger partial charge on any atom is -0.348 e. The van der Waals surface area contributed by atoms with Gasteiger partial charge in [-0.15, -0.1) is 0 Å². The first-order valence-corrected chi connectivity index (χ1v) is 11.6. The van der Waals surface area contributed by atoms with E-state index in [1.165, 1.54) is 6.07 Å². The smallest absolute Gasteiger partial charge is 0.251 e. The van der Waals surface area contributed by atoms with Crippen LogP contribution < -0.4 is 5.32 Å². The lowest BCUT2D eigenvalue weighted by Crippen LogP contribution is -2.47. The number of fused-ring (bicyclic) bond motifs is 1. The van der Waals surface area contributed by atoms with E-state index < -0.39 is 0 Å². The maximum absolute atomic E-state index is 14.1. The van der Waals surface area contributed by atoms with E-state index >= 15 is 0 Å². The molecule has 1 aliphatic heterocycles. The predicted octanol–water partition coefficient (Wildman–Crippen LogP) is 4.76. The van der Waals surface area contributed by atoms with Crippen LogP contribution in [0.15, 0.2) is 66.2 Å². The van der Waals surface area contributed by atoms with E-state index in [9.17, 15) is 9.18 Å². The molecule has 176 valence electrons. The van der Waals surface area contributed by atoms with E-state index in [0.717, 1.165) is 41.6 Å². The molecule has 6 nitrogen and oxygen atoms in total. The first-order valence-electron chi connectivity index (χ1n) is 11.6. The van der Waals surface area contributed by atoms with Crippen LogP contribution in [0.25, 0.3) is 16.5 Å². The van der Waals surface area contributed by atoms with Crippen molar-refractivity contribution in [2.75, 3.05) is 20.1 Å². The molecular formula is C27H30FN5O. The van der Waals surface area contributed by atoms with Crippen molar-refractivity contribution in [3.8, 4) is 0 Å². The Labute approximate surface area is 199 Å². The molecule has 2 heterocycles. The van der Waals surface area contributed by atoms with Crippen molar-refractivity contribution in [3.63, 3.8) is 0 Å². The van der Waals surface area contributed by atoms with Crippen molar-refractivity contribution < 1.29 is 9.18 Å². The van der Waals surface area contributed by atoms with Gasteiger partial charge in [0.2, 0.25) is 0 Å². The van der Waals surface area contributed by atoms with Crippen LogP contribution in [0.5, 0.6) is 0 Å². The van der Waals surface area contributed by atoms with Gasteiger partial charge in [0.15, 0.2) is 0 Å². The summed E-state index contributed by atoms with van der Waals surface area (Å²) in [5.74, 6) is -0.304. The highest BCUT2D eigenvalue weighted by molar-refractivity contribution is 6.01. The molecular weight excluding hydrogens is 429 g/mol. The molecule has 1 fully saturated rings. The number of benzene rings is 2. The third-order valence-corrected chi connectivity index (χ3v) is 6.14. The number of carbonyl (C=O) groups is 1. The van der Waals surface area contributed by atoms with E-state index in [2.05, 4.69) is 32.0 Å². The van der Waals surface area contributed by atoms with Crippen LogP contribution in [-0.4, -0.2) is 53.4 Å². The number of nitrogens with zero attached hydrogens (tertiary/aromatic N) is 3. The van der Waals surface area contributed by atoms with Gasteiger partial charge in [-0.2, -0.15) is 5.10 Å². The molecule has 1 atom stereocenters. The van der Waals surface area contributed by atoms with Gasteiger partial charge in [0, 0.05) is 55.3 Å². The highest BCUT2D eigenvalue weighted by Crippen LogP contribution is 2.25. The number of hydrogen-bond donors (Lipinski definition) is 2. The van der Waals surface area contributed by atoms with Crippen molar-refractivity contribution in [3.05, 3.63) is 83.8 Å². The Morgan fingerprint density at radius 1 is 1.35 bits per heavy atom. The van der Waals surface area contributed by atoms with Gasteiger partial charge in [-0.3, -0.25) is 14.8 Å². The lowest BCUT2D eigenvalue weighted by atomic mass is 10.0. The van der Waals surface area contributed by atoms with Crippen LogP contribution in [0, 0.1) is 5.82 Å². The van der Waals surface area contributed by atoms with E-state index in [1.54, 1.807) is 25.3 Å². The second-order valence-electron chi connectivity index (χ2n) is 8.51. The molecule has 0 bridgehead atoms. The average Bonchev–Trinajstić information content (AvgIpc) is 3.27. The molecule has 2 N–H and O–H groups in total. The van der Waals surface area contributed by atoms with E-state index in [-0.39, 0.29) is 17.8 Å². The van der Waals surface area contributed by atoms with Gasteiger partial charge in [0.05, 0.1) is 11.2 Å². The number of carbonyl (C=O) groups excluding carboxylic acids is 1. The summed E-state index contributed by atoms with van der Waals surface area (Å²) in [6, 6.07) is 12.4. The third kappa shape index (κ3) is 5.48. The van der Waals surface area contributed by atoms with Gasteiger partial charge < -0.3 is 10.3 Å². The third-order valence-electron chi connectivity index (χ3n) is 6.14. The topological polar surface area (TPSA) is 73.4 Å². The summed E-state index contributed by atoms with van der Waals surface area (Å²) in [5, 5.41) is 11.5. The summed E-state index contributed by atoms with van der Waals surface area (Å²) in [6.07, 6.45) is 8.13. The number of piperidine rings is 1. The minimum atomic E-state index is -0.187. The molecule has 4 rings (SSSR count). The molecule has 0 saturated carbocycles. The quantitative estimate of drug-likeness (QED) is 0.377. The monoisotopic (exact) mass is 459 g/mol. The molecule has 3 aromatic rings. The zero-order valence-corrected chi connectivity index (χ0v) is 19.4. The van der Waals surface area contributed by atoms with Crippen LogP contribution in [-0.2, 0) is 6.54 Å². The predicted molar refractivity (Wildman–Crippen MR) is 135 cm³/mol. The zero-order chi connectivity index (χ0) is 23.9. The Morgan fingerprint density at radius 3 is 3.00 bits per heavy atom. The van der Waals surface area contributed by atoms with Crippen molar-refractivity contribution in [2.45, 2.75) is 31.8 Å². The summed E-state index contributed by atoms with van der Waals surface area (Å²) in [7, 11) is 1.74. The highest BCUT2D eigenvalue weighted by Gasteiger charge is 2.23. The van der Waals surface area contributed by atoms with Gasteiger partial charge in [-0.1, -0.05) is 36.9 Å². The highest BCUT2D eigenvalue weighted by atomic mass is 19.1. The van der Waals surface area contributed by atoms with Crippen molar-refractivity contribution in [2.24, 2.45) is 4.99 Å². The number of H-pyrrole nitrogens is 1. The standard InChI is InChI=1S/C27H30FN5O/c1-3-19(9-6-14-29-2)26-23-16-20(12-13-25(23)31-32-26)27(34)30-22-10-7-15-33(18-22)17-21-8-4-5-11-24(21)28/h3-5,8-9,11-14,16,22H,1,6-7,10,15,17-18H2,2H3,(H,30,34)(H,31,32)/b19-9+,29-14?. The second-order valence-corrected chi connectivity index (χ2v) is 8.51. The van der Waals surface area contributed by atoms with Crippen LogP contribution in [0.1, 0.15) is 40.9 Å². The number of hydrogen-bond acceptors (Lipinski definition) is 4. The summed E-state index contributed by atoms with van der Waals surface area (Å²) < 4.78 is 14.1. The molecule has 1 aromatic heterocycles. The number of amides is 1. The molecule has 1 aliphatic rings. The number of halogens is 1. The molecule has 2 aromatic carbocycles. The summed E-state index contributed by atoms with van der Waals surface area (Å²) in [4.78, 5) is 19.3. The molecule has 7 heteroatoms. The Kier molecular flexibility index (Phi) is 7.65. The minimum absolute atomic E-state index is 0.0181. The van der Waals surface area contributed by atoms with Gasteiger partial charge in [0.25, 0.3) is 5.91 Å².